The van der Waals surface area contributed by atoms with E-state index in [-0.39, 0.29) is 17.3 Å². The lowest BCUT2D eigenvalue weighted by atomic mass is 9.97. The summed E-state index contributed by atoms with van der Waals surface area (Å²) in [6, 6.07) is 20.9. The summed E-state index contributed by atoms with van der Waals surface area (Å²) in [4.78, 5) is 12.7. The summed E-state index contributed by atoms with van der Waals surface area (Å²) in [6.45, 7) is -2.58. The minimum atomic E-state index is -2.99. The Labute approximate surface area is 205 Å². The molecule has 1 aliphatic carbocycles. The Balaban J connectivity index is 1.62. The molecule has 1 aliphatic rings. The Morgan fingerprint density at radius 3 is 2.44 bits per heavy atom. The number of rotatable bonds is 8. The Kier molecular flexibility index (Phi) is 6.50. The average Bonchev–Trinajstić information content (AvgIpc) is 3.71. The van der Waals surface area contributed by atoms with Crippen LogP contribution in [-0.2, 0) is 0 Å². The van der Waals surface area contributed by atoms with Crippen LogP contribution in [0.25, 0.3) is 34.1 Å². The molecular formula is C29H21F2NO4. The van der Waals surface area contributed by atoms with Gasteiger partial charge in [0.25, 0.3) is 0 Å². The SMILES string of the molecule is N#Cc1ccc(-c2c(/C=C/c3cccc(OC(F)F)c3OCC3CC3)oc(=O)c3ccccc23)cc1. The first-order valence-corrected chi connectivity index (χ1v) is 11.5. The Bertz CT molecular complexity index is 1530. The molecule has 4 aromatic rings. The van der Waals surface area contributed by atoms with Crippen molar-refractivity contribution in [2.75, 3.05) is 6.61 Å². The van der Waals surface area contributed by atoms with E-state index in [1.807, 2.05) is 12.1 Å². The number of alkyl halides is 2. The molecule has 0 saturated heterocycles. The maximum Gasteiger partial charge on any atom is 0.387 e. The fourth-order valence-electron chi connectivity index (χ4n) is 4.00. The number of nitriles is 1. The number of nitrogens with zero attached hydrogens (tertiary/aromatic N) is 1. The zero-order valence-electron chi connectivity index (χ0n) is 19.1. The van der Waals surface area contributed by atoms with Gasteiger partial charge in [-0.15, -0.1) is 0 Å². The number of halogens is 2. The van der Waals surface area contributed by atoms with Gasteiger partial charge in [-0.25, -0.2) is 4.79 Å². The van der Waals surface area contributed by atoms with E-state index < -0.39 is 12.2 Å². The van der Waals surface area contributed by atoms with Crippen molar-refractivity contribution in [1.82, 2.24) is 0 Å². The second-order valence-electron chi connectivity index (χ2n) is 8.50. The standard InChI is InChI=1S/C29H21F2NO4/c30-29(31)36-25-7-3-4-21(27(25)34-17-19-8-9-19)14-15-24-26(20-12-10-18(16-32)11-13-20)22-5-1-2-6-23(22)28(33)35-24/h1-7,10-15,19,29H,8-9,17H2/b15-14+. The molecule has 0 radical (unpaired) electrons. The quantitative estimate of drug-likeness (QED) is 0.272. The predicted molar refractivity (Wildman–Crippen MR) is 133 cm³/mol. The van der Waals surface area contributed by atoms with Gasteiger partial charge in [0.1, 0.15) is 5.76 Å². The van der Waals surface area contributed by atoms with Crippen molar-refractivity contribution in [2.24, 2.45) is 5.92 Å². The van der Waals surface area contributed by atoms with E-state index in [1.165, 1.54) is 6.07 Å². The van der Waals surface area contributed by atoms with Crippen molar-refractivity contribution in [2.45, 2.75) is 19.5 Å². The van der Waals surface area contributed by atoms with Crippen LogP contribution in [0.1, 0.15) is 29.7 Å². The van der Waals surface area contributed by atoms with Crippen LogP contribution in [-0.4, -0.2) is 13.2 Å². The van der Waals surface area contributed by atoms with Crippen molar-refractivity contribution in [1.29, 1.82) is 5.26 Å². The lowest BCUT2D eigenvalue weighted by Gasteiger charge is -2.14. The zero-order valence-corrected chi connectivity index (χ0v) is 19.1. The number of hydrogen-bond acceptors (Lipinski definition) is 5. The summed E-state index contributed by atoms with van der Waals surface area (Å²) in [7, 11) is 0. The molecule has 0 spiro atoms. The van der Waals surface area contributed by atoms with E-state index >= 15 is 0 Å². The largest absolute Gasteiger partial charge is 0.489 e. The normalized spacial score (nSPS) is 13.3. The highest BCUT2D eigenvalue weighted by Gasteiger charge is 2.24. The van der Waals surface area contributed by atoms with Gasteiger partial charge in [-0.05, 0) is 60.7 Å². The van der Waals surface area contributed by atoms with Crippen LogP contribution in [0, 0.1) is 17.2 Å². The van der Waals surface area contributed by atoms with E-state index in [2.05, 4.69) is 6.07 Å². The summed E-state index contributed by atoms with van der Waals surface area (Å²) in [5.74, 6) is 0.851. The molecule has 1 heterocycles. The van der Waals surface area contributed by atoms with E-state index in [9.17, 15) is 13.6 Å². The fraction of sp³-hybridized carbons (Fsp3) is 0.172. The third-order valence-electron chi connectivity index (χ3n) is 5.97. The molecule has 1 fully saturated rings. The Morgan fingerprint density at radius 1 is 1.00 bits per heavy atom. The minimum Gasteiger partial charge on any atom is -0.489 e. The van der Waals surface area contributed by atoms with Crippen molar-refractivity contribution in [3.05, 3.63) is 94.0 Å². The third-order valence-corrected chi connectivity index (χ3v) is 5.97. The molecule has 0 atom stereocenters. The van der Waals surface area contributed by atoms with Gasteiger partial charge in [-0.2, -0.15) is 14.0 Å². The van der Waals surface area contributed by atoms with Gasteiger partial charge in [-0.1, -0.05) is 42.5 Å². The number of ether oxygens (including phenoxy) is 2. The van der Waals surface area contributed by atoms with Gasteiger partial charge in [0.15, 0.2) is 11.5 Å². The van der Waals surface area contributed by atoms with Crippen LogP contribution >= 0.6 is 0 Å². The van der Waals surface area contributed by atoms with Crippen molar-refractivity contribution in [3.63, 3.8) is 0 Å². The summed E-state index contributed by atoms with van der Waals surface area (Å²) in [5.41, 5.74) is 1.95. The molecule has 1 saturated carbocycles. The zero-order chi connectivity index (χ0) is 25.1. The van der Waals surface area contributed by atoms with Crippen LogP contribution in [0.4, 0.5) is 8.78 Å². The second kappa shape index (κ2) is 10.0. The van der Waals surface area contributed by atoms with Crippen LogP contribution in [0.3, 0.4) is 0 Å². The summed E-state index contributed by atoms with van der Waals surface area (Å²) < 4.78 is 42.3. The van der Waals surface area contributed by atoms with Gasteiger partial charge >= 0.3 is 12.2 Å². The molecule has 3 aromatic carbocycles. The van der Waals surface area contributed by atoms with E-state index in [0.717, 1.165) is 18.4 Å². The van der Waals surface area contributed by atoms with Crippen molar-refractivity contribution in [3.8, 4) is 28.7 Å². The van der Waals surface area contributed by atoms with E-state index in [4.69, 9.17) is 19.2 Å². The van der Waals surface area contributed by atoms with Crippen molar-refractivity contribution >= 4 is 22.9 Å². The summed E-state index contributed by atoms with van der Waals surface area (Å²) >= 11 is 0. The molecule has 5 rings (SSSR count). The summed E-state index contributed by atoms with van der Waals surface area (Å²) in [5, 5.41) is 10.3. The maximum atomic E-state index is 13.0. The molecule has 0 aliphatic heterocycles. The molecule has 1 aromatic heterocycles. The Morgan fingerprint density at radius 2 is 1.75 bits per heavy atom. The van der Waals surface area contributed by atoms with Crippen LogP contribution < -0.4 is 15.1 Å². The van der Waals surface area contributed by atoms with Gasteiger partial charge in [0.05, 0.1) is 23.6 Å². The van der Waals surface area contributed by atoms with Gasteiger partial charge in [0.2, 0.25) is 0 Å². The lowest BCUT2D eigenvalue weighted by molar-refractivity contribution is -0.0515. The van der Waals surface area contributed by atoms with Crippen LogP contribution in [0.5, 0.6) is 11.5 Å². The molecule has 0 unspecified atom stereocenters. The molecule has 180 valence electrons. The maximum absolute atomic E-state index is 13.0. The first kappa shape index (κ1) is 23.3. The second-order valence-corrected chi connectivity index (χ2v) is 8.50. The average molecular weight is 485 g/mol. The van der Waals surface area contributed by atoms with Crippen LogP contribution in [0.15, 0.2) is 75.9 Å². The molecule has 0 bridgehead atoms. The topological polar surface area (TPSA) is 72.5 Å². The number of benzene rings is 3. The molecule has 36 heavy (non-hydrogen) atoms. The molecule has 5 nitrogen and oxygen atoms in total. The first-order valence-electron chi connectivity index (χ1n) is 11.5. The fourth-order valence-corrected chi connectivity index (χ4v) is 4.00. The highest BCUT2D eigenvalue weighted by atomic mass is 19.3. The summed E-state index contributed by atoms with van der Waals surface area (Å²) in [6.07, 6.45) is 5.35. The third kappa shape index (κ3) is 4.98. The van der Waals surface area contributed by atoms with Gasteiger partial charge in [-0.3, -0.25) is 0 Å². The smallest absolute Gasteiger partial charge is 0.387 e. The molecule has 0 N–H and O–H groups in total. The van der Waals surface area contributed by atoms with Gasteiger partial charge in [0, 0.05) is 16.5 Å². The predicted octanol–water partition coefficient (Wildman–Crippen LogP) is 6.89. The van der Waals surface area contributed by atoms with E-state index in [0.29, 0.717) is 40.0 Å². The molecular weight excluding hydrogens is 464 g/mol. The number of fused-ring (bicyclic) bond motifs is 1. The van der Waals surface area contributed by atoms with E-state index in [1.54, 1.807) is 60.7 Å². The molecule has 0 amide bonds. The lowest BCUT2D eigenvalue weighted by Crippen LogP contribution is -2.07. The van der Waals surface area contributed by atoms with Crippen molar-refractivity contribution < 1.29 is 22.7 Å². The van der Waals surface area contributed by atoms with Crippen LogP contribution in [0.2, 0.25) is 0 Å². The first-order chi connectivity index (χ1) is 17.5. The highest BCUT2D eigenvalue weighted by molar-refractivity contribution is 5.99. The van der Waals surface area contributed by atoms with Gasteiger partial charge < -0.3 is 13.9 Å². The highest BCUT2D eigenvalue weighted by Crippen LogP contribution is 2.38. The molecule has 7 heteroatoms. The minimum absolute atomic E-state index is 0.0555. The number of para-hydroxylation sites is 1. The Hall–Kier alpha value is -4.44. The number of hydrogen-bond donors (Lipinski definition) is 0. The monoisotopic (exact) mass is 485 g/mol.